The maximum atomic E-state index is 13.1. The first-order chi connectivity index (χ1) is 13.4. The molecule has 1 unspecified atom stereocenters. The number of amides is 2. The van der Waals surface area contributed by atoms with Gasteiger partial charge in [0, 0.05) is 19.5 Å². The van der Waals surface area contributed by atoms with Gasteiger partial charge in [0.15, 0.2) is 0 Å². The van der Waals surface area contributed by atoms with Crippen LogP contribution >= 0.6 is 22.9 Å². The lowest BCUT2D eigenvalue weighted by Crippen LogP contribution is -2.32. The molecule has 0 bridgehead atoms. The van der Waals surface area contributed by atoms with Gasteiger partial charge in [0.25, 0.3) is 6.47 Å². The molecule has 1 fully saturated rings. The zero-order valence-corrected chi connectivity index (χ0v) is 16.5. The van der Waals surface area contributed by atoms with Crippen molar-refractivity contribution in [3.05, 3.63) is 39.6 Å². The number of aryl methyl sites for hydroxylation is 1. The Morgan fingerprint density at radius 3 is 2.82 bits per heavy atom. The highest BCUT2D eigenvalue weighted by atomic mass is 35.5. The number of anilines is 1. The Labute approximate surface area is 169 Å². The molecule has 1 aromatic carbocycles. The lowest BCUT2D eigenvalue weighted by atomic mass is 10.1. The minimum absolute atomic E-state index is 0.0111. The second kappa shape index (κ2) is 10.1. The Morgan fingerprint density at radius 2 is 2.21 bits per heavy atom. The van der Waals surface area contributed by atoms with Gasteiger partial charge in [0.05, 0.1) is 10.9 Å². The standard InChI is InChI=1S/C16H16ClFN4O2S.CH2O2/c1-2-13-20-21-16(25-13)22-8-10(6-14(22)23)15(24)19-7-9-3-4-12(18)11(17)5-9;2-1-3/h3-5,10H,2,6-8H2,1H3,(H,19,24);1H,(H,2,3). The number of nitrogens with zero attached hydrogens (tertiary/aromatic N) is 3. The van der Waals surface area contributed by atoms with Crippen LogP contribution in [0.3, 0.4) is 0 Å². The summed E-state index contributed by atoms with van der Waals surface area (Å²) in [5, 5.41) is 19.1. The van der Waals surface area contributed by atoms with Gasteiger partial charge in [0.2, 0.25) is 16.9 Å². The van der Waals surface area contributed by atoms with Gasteiger partial charge in [-0.1, -0.05) is 35.9 Å². The number of carboxylic acid groups (broad SMARTS) is 1. The quantitative estimate of drug-likeness (QED) is 0.706. The zero-order chi connectivity index (χ0) is 20.7. The van der Waals surface area contributed by atoms with Crippen LogP contribution in [0.5, 0.6) is 0 Å². The van der Waals surface area contributed by atoms with Crippen LogP contribution in [0.4, 0.5) is 9.52 Å². The van der Waals surface area contributed by atoms with Crippen molar-refractivity contribution in [3.63, 3.8) is 0 Å². The van der Waals surface area contributed by atoms with Gasteiger partial charge in [-0.25, -0.2) is 4.39 Å². The van der Waals surface area contributed by atoms with Gasteiger partial charge in [0.1, 0.15) is 10.8 Å². The maximum Gasteiger partial charge on any atom is 0.290 e. The van der Waals surface area contributed by atoms with Crippen LogP contribution in [-0.2, 0) is 27.3 Å². The van der Waals surface area contributed by atoms with Gasteiger partial charge >= 0.3 is 0 Å². The molecular formula is C17H18ClFN4O4S. The van der Waals surface area contributed by atoms with E-state index < -0.39 is 11.7 Å². The van der Waals surface area contributed by atoms with Crippen LogP contribution < -0.4 is 10.2 Å². The van der Waals surface area contributed by atoms with Crippen molar-refractivity contribution in [1.82, 2.24) is 15.5 Å². The highest BCUT2D eigenvalue weighted by Gasteiger charge is 2.36. The third-order valence-corrected chi connectivity index (χ3v) is 5.32. The number of hydrogen-bond donors (Lipinski definition) is 2. The lowest BCUT2D eigenvalue weighted by Gasteiger charge is -2.13. The molecule has 2 aromatic rings. The molecule has 1 aliphatic rings. The summed E-state index contributed by atoms with van der Waals surface area (Å²) in [6.45, 7) is 2.23. The zero-order valence-electron chi connectivity index (χ0n) is 14.9. The van der Waals surface area contributed by atoms with E-state index in [1.165, 1.54) is 28.4 Å². The molecule has 2 heterocycles. The summed E-state index contributed by atoms with van der Waals surface area (Å²) in [5.74, 6) is -1.31. The minimum Gasteiger partial charge on any atom is -0.483 e. The fourth-order valence-electron chi connectivity index (χ4n) is 2.55. The fraction of sp³-hybridized carbons (Fsp3) is 0.353. The van der Waals surface area contributed by atoms with Crippen molar-refractivity contribution < 1.29 is 23.9 Å². The highest BCUT2D eigenvalue weighted by Crippen LogP contribution is 2.28. The van der Waals surface area contributed by atoms with E-state index in [2.05, 4.69) is 15.5 Å². The average molecular weight is 429 g/mol. The smallest absolute Gasteiger partial charge is 0.290 e. The predicted molar refractivity (Wildman–Crippen MR) is 102 cm³/mol. The summed E-state index contributed by atoms with van der Waals surface area (Å²) in [6, 6.07) is 4.28. The minimum atomic E-state index is -0.503. The van der Waals surface area contributed by atoms with E-state index in [1.807, 2.05) is 6.92 Å². The summed E-state index contributed by atoms with van der Waals surface area (Å²) >= 11 is 7.09. The lowest BCUT2D eigenvalue weighted by molar-refractivity contribution is -0.126. The summed E-state index contributed by atoms with van der Waals surface area (Å²) in [5.41, 5.74) is 0.692. The van der Waals surface area contributed by atoms with Gasteiger partial charge in [-0.15, -0.1) is 10.2 Å². The number of hydrogen-bond acceptors (Lipinski definition) is 6. The summed E-state index contributed by atoms with van der Waals surface area (Å²) in [7, 11) is 0. The molecule has 8 nitrogen and oxygen atoms in total. The molecule has 1 saturated heterocycles. The molecule has 0 aliphatic carbocycles. The van der Waals surface area contributed by atoms with E-state index in [4.69, 9.17) is 21.5 Å². The molecule has 1 aromatic heterocycles. The summed E-state index contributed by atoms with van der Waals surface area (Å²) in [6.07, 6.45) is 0.890. The van der Waals surface area contributed by atoms with E-state index in [0.717, 1.165) is 11.4 Å². The van der Waals surface area contributed by atoms with E-state index >= 15 is 0 Å². The number of halogens is 2. The Morgan fingerprint density at radius 1 is 1.50 bits per heavy atom. The molecule has 28 heavy (non-hydrogen) atoms. The molecule has 2 N–H and O–H groups in total. The van der Waals surface area contributed by atoms with E-state index in [0.29, 0.717) is 10.7 Å². The van der Waals surface area contributed by atoms with Crippen molar-refractivity contribution in [1.29, 1.82) is 0 Å². The molecule has 0 saturated carbocycles. The van der Waals surface area contributed by atoms with Crippen molar-refractivity contribution in [2.24, 2.45) is 5.92 Å². The van der Waals surface area contributed by atoms with Gasteiger partial charge in [-0.2, -0.15) is 0 Å². The maximum absolute atomic E-state index is 13.1. The molecule has 11 heteroatoms. The number of benzene rings is 1. The topological polar surface area (TPSA) is 112 Å². The van der Waals surface area contributed by atoms with Gasteiger partial charge in [-0.05, 0) is 24.1 Å². The SMILES string of the molecule is CCc1nnc(N2CC(C(=O)NCc3ccc(F)c(Cl)c3)CC2=O)s1.O=CO. The van der Waals surface area contributed by atoms with Crippen molar-refractivity contribution in [3.8, 4) is 0 Å². The Balaban J connectivity index is 0.000000878. The first kappa shape index (κ1) is 21.7. The van der Waals surface area contributed by atoms with Crippen LogP contribution in [0.2, 0.25) is 5.02 Å². The second-order valence-electron chi connectivity index (χ2n) is 5.81. The van der Waals surface area contributed by atoms with Crippen LogP contribution in [-0.4, -0.2) is 40.1 Å². The average Bonchev–Trinajstić information content (AvgIpc) is 3.29. The first-order valence-corrected chi connectivity index (χ1v) is 9.51. The second-order valence-corrected chi connectivity index (χ2v) is 7.26. The van der Waals surface area contributed by atoms with E-state index in [1.54, 1.807) is 6.07 Å². The molecule has 1 aliphatic heterocycles. The number of aromatic nitrogens is 2. The Kier molecular flexibility index (Phi) is 7.82. The predicted octanol–water partition coefficient (Wildman–Crippen LogP) is 2.26. The molecule has 150 valence electrons. The first-order valence-electron chi connectivity index (χ1n) is 8.31. The Hall–Kier alpha value is -2.59. The van der Waals surface area contributed by atoms with Crippen LogP contribution in [0.15, 0.2) is 18.2 Å². The van der Waals surface area contributed by atoms with Gasteiger partial charge in [-0.3, -0.25) is 19.3 Å². The van der Waals surface area contributed by atoms with Crippen LogP contribution in [0.1, 0.15) is 23.9 Å². The van der Waals surface area contributed by atoms with E-state index in [9.17, 15) is 14.0 Å². The number of nitrogens with one attached hydrogen (secondary N) is 1. The third-order valence-electron chi connectivity index (χ3n) is 3.94. The number of rotatable bonds is 5. The normalized spacial score (nSPS) is 15.8. The van der Waals surface area contributed by atoms with Crippen molar-refractivity contribution >= 4 is 46.4 Å². The monoisotopic (exact) mass is 428 g/mol. The largest absolute Gasteiger partial charge is 0.483 e. The summed E-state index contributed by atoms with van der Waals surface area (Å²) in [4.78, 5) is 34.4. The van der Waals surface area contributed by atoms with Crippen molar-refractivity contribution in [2.45, 2.75) is 26.3 Å². The Bertz CT molecular complexity index is 863. The van der Waals surface area contributed by atoms with E-state index in [-0.39, 0.29) is 42.8 Å². The van der Waals surface area contributed by atoms with Crippen molar-refractivity contribution in [2.75, 3.05) is 11.4 Å². The molecular weight excluding hydrogens is 411 g/mol. The van der Waals surface area contributed by atoms with Crippen LogP contribution in [0, 0.1) is 11.7 Å². The summed E-state index contributed by atoms with van der Waals surface area (Å²) < 4.78 is 13.1. The molecule has 3 rings (SSSR count). The van der Waals surface area contributed by atoms with Gasteiger partial charge < -0.3 is 10.4 Å². The molecule has 1 atom stereocenters. The molecule has 0 spiro atoms. The third kappa shape index (κ3) is 5.46. The number of carbonyl (C=O) groups excluding carboxylic acids is 2. The fourth-order valence-corrected chi connectivity index (χ4v) is 3.56. The molecule has 0 radical (unpaired) electrons. The van der Waals surface area contributed by atoms with Crippen LogP contribution in [0.25, 0.3) is 0 Å². The molecule has 2 amide bonds. The number of carbonyl (C=O) groups is 3. The highest BCUT2D eigenvalue weighted by molar-refractivity contribution is 7.15.